The van der Waals surface area contributed by atoms with Crippen LogP contribution >= 0.6 is 0 Å². The van der Waals surface area contributed by atoms with Crippen LogP contribution in [0.1, 0.15) is 39.6 Å². The van der Waals surface area contributed by atoms with Crippen LogP contribution in [0.5, 0.6) is 0 Å². The van der Waals surface area contributed by atoms with E-state index in [1.807, 2.05) is 54.6 Å². The zero-order valence-corrected chi connectivity index (χ0v) is 15.5. The molecule has 0 fully saturated rings. The predicted octanol–water partition coefficient (Wildman–Crippen LogP) is 5.36. The molecular weight excluding hydrogens is 336 g/mol. The topological polar surface area (TPSA) is 35.5 Å². The van der Waals surface area contributed by atoms with Crippen LogP contribution in [0.2, 0.25) is 0 Å². The second-order valence-corrected chi connectivity index (χ2v) is 6.43. The lowest BCUT2D eigenvalue weighted by Crippen LogP contribution is -2.08. The van der Waals surface area contributed by atoms with Crippen molar-refractivity contribution in [3.8, 4) is 0 Å². The average molecular weight is 360 g/mol. The molecule has 3 nitrogen and oxygen atoms in total. The summed E-state index contributed by atoms with van der Waals surface area (Å²) in [7, 11) is 1.40. The first-order valence-corrected chi connectivity index (χ1v) is 9.14. The number of esters is 1. The first-order valence-electron chi connectivity index (χ1n) is 9.14. The lowest BCUT2D eigenvalue weighted by Gasteiger charge is -2.19. The Morgan fingerprint density at radius 3 is 2.19 bits per heavy atom. The second-order valence-electron chi connectivity index (χ2n) is 6.43. The van der Waals surface area contributed by atoms with Gasteiger partial charge in [0.2, 0.25) is 0 Å². The van der Waals surface area contributed by atoms with Crippen LogP contribution in [0, 0.1) is 0 Å². The fraction of sp³-hybridized carbons (Fsp3) is 0.208. The predicted molar refractivity (Wildman–Crippen MR) is 107 cm³/mol. The maximum absolute atomic E-state index is 11.9. The van der Waals surface area contributed by atoms with E-state index in [9.17, 15) is 4.79 Å². The second kappa shape index (κ2) is 9.70. The number of benzene rings is 3. The molecule has 27 heavy (non-hydrogen) atoms. The van der Waals surface area contributed by atoms with Gasteiger partial charge in [0.15, 0.2) is 0 Å². The number of methoxy groups -OCH3 is 1. The quantitative estimate of drug-likeness (QED) is 0.507. The summed E-state index contributed by atoms with van der Waals surface area (Å²) in [5.41, 5.74) is 3.94. The van der Waals surface area contributed by atoms with Crippen molar-refractivity contribution in [1.29, 1.82) is 0 Å². The Kier molecular flexibility index (Phi) is 6.78. The Morgan fingerprint density at radius 2 is 1.52 bits per heavy atom. The van der Waals surface area contributed by atoms with Gasteiger partial charge < -0.3 is 9.47 Å². The van der Waals surface area contributed by atoms with E-state index in [0.29, 0.717) is 12.2 Å². The van der Waals surface area contributed by atoms with Crippen molar-refractivity contribution < 1.29 is 14.3 Å². The number of hydrogen-bond donors (Lipinski definition) is 0. The van der Waals surface area contributed by atoms with Crippen LogP contribution in [-0.4, -0.2) is 13.1 Å². The Balaban J connectivity index is 1.76. The number of hydrogen-bond acceptors (Lipinski definition) is 3. The third-order valence-corrected chi connectivity index (χ3v) is 4.51. The largest absolute Gasteiger partial charge is 0.465 e. The molecule has 3 aromatic carbocycles. The third kappa shape index (κ3) is 5.53. The van der Waals surface area contributed by atoms with Crippen LogP contribution in [0.15, 0.2) is 84.9 Å². The van der Waals surface area contributed by atoms with Gasteiger partial charge in [-0.1, -0.05) is 72.8 Å². The summed E-state index contributed by atoms with van der Waals surface area (Å²) in [6.45, 7) is 0.531. The van der Waals surface area contributed by atoms with Gasteiger partial charge >= 0.3 is 5.97 Å². The van der Waals surface area contributed by atoms with Gasteiger partial charge in [0, 0.05) is 0 Å². The molecule has 0 spiro atoms. The van der Waals surface area contributed by atoms with E-state index >= 15 is 0 Å². The van der Waals surface area contributed by atoms with Gasteiger partial charge in [0.25, 0.3) is 0 Å². The summed E-state index contributed by atoms with van der Waals surface area (Å²) in [5, 5.41) is 0. The number of carbonyl (C=O) groups excluding carboxylic acids is 1. The zero-order chi connectivity index (χ0) is 18.9. The molecule has 0 N–H and O–H groups in total. The van der Waals surface area contributed by atoms with Crippen LogP contribution in [0.25, 0.3) is 0 Å². The maximum atomic E-state index is 11.9. The molecule has 0 radical (unpaired) electrons. The van der Waals surface area contributed by atoms with Crippen LogP contribution < -0.4 is 0 Å². The smallest absolute Gasteiger partial charge is 0.337 e. The normalized spacial score (nSPS) is 11.7. The highest BCUT2D eigenvalue weighted by Gasteiger charge is 2.15. The molecule has 0 saturated carbocycles. The van der Waals surface area contributed by atoms with Crippen LogP contribution in [0.4, 0.5) is 0 Å². The highest BCUT2D eigenvalue weighted by Crippen LogP contribution is 2.26. The fourth-order valence-electron chi connectivity index (χ4n) is 3.04. The summed E-state index contributed by atoms with van der Waals surface area (Å²) in [5.74, 6) is -0.332. The van der Waals surface area contributed by atoms with Crippen molar-refractivity contribution in [2.45, 2.75) is 25.6 Å². The van der Waals surface area contributed by atoms with Crippen molar-refractivity contribution in [2.24, 2.45) is 0 Å². The van der Waals surface area contributed by atoms with Crippen LogP contribution in [0.3, 0.4) is 0 Å². The summed E-state index contributed by atoms with van der Waals surface area (Å²) >= 11 is 0. The van der Waals surface area contributed by atoms with Crippen molar-refractivity contribution in [3.05, 3.63) is 107 Å². The summed E-state index contributed by atoms with van der Waals surface area (Å²) in [4.78, 5) is 11.9. The highest BCUT2D eigenvalue weighted by atomic mass is 16.5. The van der Waals surface area contributed by atoms with E-state index < -0.39 is 0 Å². The Hall–Kier alpha value is -2.91. The van der Waals surface area contributed by atoms with Gasteiger partial charge in [-0.3, -0.25) is 0 Å². The summed E-state index contributed by atoms with van der Waals surface area (Å²) in [6.07, 6.45) is 1.64. The molecule has 3 heteroatoms. The molecule has 0 bridgehead atoms. The summed E-state index contributed by atoms with van der Waals surface area (Å²) < 4.78 is 11.1. The minimum atomic E-state index is -0.332. The minimum absolute atomic E-state index is 0.102. The molecule has 138 valence electrons. The van der Waals surface area contributed by atoms with Gasteiger partial charge in [-0.05, 0) is 41.7 Å². The molecule has 3 rings (SSSR count). The first kappa shape index (κ1) is 18.9. The van der Waals surface area contributed by atoms with Crippen molar-refractivity contribution in [1.82, 2.24) is 0 Å². The monoisotopic (exact) mass is 360 g/mol. The van der Waals surface area contributed by atoms with E-state index in [0.717, 1.165) is 24.0 Å². The Morgan fingerprint density at radius 1 is 0.852 bits per heavy atom. The molecule has 0 aliphatic heterocycles. The van der Waals surface area contributed by atoms with Gasteiger partial charge in [-0.25, -0.2) is 4.79 Å². The average Bonchev–Trinajstić information content (AvgIpc) is 2.74. The van der Waals surface area contributed by atoms with Gasteiger partial charge in [0.1, 0.15) is 0 Å². The van der Waals surface area contributed by atoms with Crippen LogP contribution in [-0.2, 0) is 22.5 Å². The van der Waals surface area contributed by atoms with E-state index in [-0.39, 0.29) is 12.1 Å². The number of rotatable bonds is 8. The van der Waals surface area contributed by atoms with E-state index in [2.05, 4.69) is 24.3 Å². The molecule has 0 saturated heterocycles. The molecule has 1 unspecified atom stereocenters. The number of aryl methyl sites for hydroxylation is 1. The molecule has 0 heterocycles. The van der Waals surface area contributed by atoms with Crippen molar-refractivity contribution in [2.75, 3.05) is 7.11 Å². The lowest BCUT2D eigenvalue weighted by molar-refractivity contribution is 0.0339. The number of ether oxygens (including phenoxy) is 2. The third-order valence-electron chi connectivity index (χ3n) is 4.51. The number of carbonyl (C=O) groups is 1. The van der Waals surface area contributed by atoms with Crippen molar-refractivity contribution in [3.63, 3.8) is 0 Å². The first-order chi connectivity index (χ1) is 13.3. The SMILES string of the molecule is COC(=O)c1cccc(C(CCc2ccccc2)OCc2ccccc2)c1. The van der Waals surface area contributed by atoms with Gasteiger partial charge in [-0.15, -0.1) is 0 Å². The summed E-state index contributed by atoms with van der Waals surface area (Å²) in [6, 6.07) is 28.0. The molecular formula is C24H24O3. The van der Waals surface area contributed by atoms with Gasteiger partial charge in [-0.2, -0.15) is 0 Å². The molecule has 0 aromatic heterocycles. The Bertz CT molecular complexity index is 800. The molecule has 0 aliphatic carbocycles. The Labute approximate surface area is 160 Å². The molecule has 0 amide bonds. The fourth-order valence-corrected chi connectivity index (χ4v) is 3.04. The lowest BCUT2D eigenvalue weighted by atomic mass is 9.99. The van der Waals surface area contributed by atoms with E-state index in [1.165, 1.54) is 12.7 Å². The van der Waals surface area contributed by atoms with E-state index in [1.54, 1.807) is 6.07 Å². The molecule has 3 aromatic rings. The minimum Gasteiger partial charge on any atom is -0.465 e. The highest BCUT2D eigenvalue weighted by molar-refractivity contribution is 5.89. The zero-order valence-electron chi connectivity index (χ0n) is 15.5. The van der Waals surface area contributed by atoms with Crippen molar-refractivity contribution >= 4 is 5.97 Å². The molecule has 1 atom stereocenters. The van der Waals surface area contributed by atoms with Gasteiger partial charge in [0.05, 0.1) is 25.4 Å². The van der Waals surface area contributed by atoms with E-state index in [4.69, 9.17) is 9.47 Å². The maximum Gasteiger partial charge on any atom is 0.337 e. The standard InChI is InChI=1S/C24H24O3/c1-26-24(25)22-14-8-13-21(17-22)23(16-15-19-9-4-2-5-10-19)27-18-20-11-6-3-7-12-20/h2-14,17,23H,15-16,18H2,1H3. The molecule has 0 aliphatic rings.